The van der Waals surface area contributed by atoms with Crippen LogP contribution in [0.3, 0.4) is 0 Å². The third kappa shape index (κ3) is 2.94. The van der Waals surface area contributed by atoms with E-state index in [1.165, 1.54) is 25.9 Å². The van der Waals surface area contributed by atoms with E-state index in [9.17, 15) is 0 Å². The molecule has 1 heterocycles. The summed E-state index contributed by atoms with van der Waals surface area (Å²) in [5, 5.41) is 3.69. The van der Waals surface area contributed by atoms with Gasteiger partial charge >= 0.3 is 0 Å². The van der Waals surface area contributed by atoms with Gasteiger partial charge in [-0.25, -0.2) is 0 Å². The first-order chi connectivity index (χ1) is 6.97. The van der Waals surface area contributed by atoms with Crippen LogP contribution >= 0.6 is 0 Å². The van der Waals surface area contributed by atoms with Gasteiger partial charge in [0, 0.05) is 31.7 Å². The van der Waals surface area contributed by atoms with Crippen LogP contribution in [-0.2, 0) is 0 Å². The number of hydrogen-bond donors (Lipinski definition) is 1. The second-order valence-corrected chi connectivity index (χ2v) is 6.57. The van der Waals surface area contributed by atoms with Gasteiger partial charge in [0.1, 0.15) is 0 Å². The van der Waals surface area contributed by atoms with Crippen LogP contribution in [0.4, 0.5) is 0 Å². The minimum atomic E-state index is 0.391. The first kappa shape index (κ1) is 11.4. The van der Waals surface area contributed by atoms with Crippen LogP contribution in [0, 0.1) is 11.3 Å². The summed E-state index contributed by atoms with van der Waals surface area (Å²) < 4.78 is 0. The Labute approximate surface area is 94.4 Å². The van der Waals surface area contributed by atoms with Gasteiger partial charge in [-0.1, -0.05) is 20.8 Å². The maximum absolute atomic E-state index is 3.69. The summed E-state index contributed by atoms with van der Waals surface area (Å²) in [6, 6.07) is 1.39. The van der Waals surface area contributed by atoms with Gasteiger partial charge in [0.25, 0.3) is 0 Å². The van der Waals surface area contributed by atoms with Gasteiger partial charge in [0.05, 0.1) is 0 Å². The second kappa shape index (κ2) is 4.06. The van der Waals surface area contributed by atoms with Gasteiger partial charge in [-0.05, 0) is 31.1 Å². The van der Waals surface area contributed by atoms with Gasteiger partial charge in [0.15, 0.2) is 0 Å². The van der Waals surface area contributed by atoms with E-state index in [1.54, 1.807) is 0 Å². The van der Waals surface area contributed by atoms with Crippen molar-refractivity contribution in [3.05, 3.63) is 0 Å². The highest BCUT2D eigenvalue weighted by molar-refractivity contribution is 4.92. The quantitative estimate of drug-likeness (QED) is 0.751. The van der Waals surface area contributed by atoms with Crippen molar-refractivity contribution in [2.45, 2.75) is 52.6 Å². The fourth-order valence-electron chi connectivity index (χ4n) is 2.39. The molecule has 1 N–H and O–H groups in total. The molecule has 1 aliphatic carbocycles. The molecule has 0 aromatic carbocycles. The molecule has 2 rings (SSSR count). The maximum Gasteiger partial charge on any atom is 0.0244 e. The zero-order valence-corrected chi connectivity index (χ0v) is 10.7. The molecule has 2 unspecified atom stereocenters. The molecule has 0 aromatic rings. The Balaban J connectivity index is 1.91. The minimum absolute atomic E-state index is 0.391. The molecule has 2 atom stereocenters. The zero-order valence-electron chi connectivity index (χ0n) is 10.7. The van der Waals surface area contributed by atoms with Crippen molar-refractivity contribution in [1.82, 2.24) is 10.2 Å². The van der Waals surface area contributed by atoms with Crippen molar-refractivity contribution in [3.8, 4) is 0 Å². The molecule has 0 amide bonds. The van der Waals surface area contributed by atoms with Crippen molar-refractivity contribution in [1.29, 1.82) is 0 Å². The van der Waals surface area contributed by atoms with E-state index >= 15 is 0 Å². The second-order valence-electron chi connectivity index (χ2n) is 6.57. The highest BCUT2D eigenvalue weighted by atomic mass is 15.2. The van der Waals surface area contributed by atoms with Crippen LogP contribution in [0.25, 0.3) is 0 Å². The Hall–Kier alpha value is -0.0800. The van der Waals surface area contributed by atoms with Gasteiger partial charge in [-0.15, -0.1) is 0 Å². The third-order valence-electron chi connectivity index (χ3n) is 3.94. The molecule has 15 heavy (non-hydrogen) atoms. The average molecular weight is 210 g/mol. The Morgan fingerprint density at radius 1 is 1.27 bits per heavy atom. The smallest absolute Gasteiger partial charge is 0.0244 e. The lowest BCUT2D eigenvalue weighted by Gasteiger charge is -2.44. The highest BCUT2D eigenvalue weighted by Gasteiger charge is 2.34. The van der Waals surface area contributed by atoms with E-state index in [2.05, 4.69) is 37.9 Å². The first-order valence-electron chi connectivity index (χ1n) is 6.44. The topological polar surface area (TPSA) is 15.3 Å². The molecule has 0 radical (unpaired) electrons. The van der Waals surface area contributed by atoms with Crippen LogP contribution in [-0.4, -0.2) is 36.6 Å². The molecule has 88 valence electrons. The largest absolute Gasteiger partial charge is 0.311 e. The van der Waals surface area contributed by atoms with E-state index in [-0.39, 0.29) is 0 Å². The van der Waals surface area contributed by atoms with Crippen LogP contribution in [0.15, 0.2) is 0 Å². The Morgan fingerprint density at radius 3 is 2.47 bits per heavy atom. The molecule has 2 fully saturated rings. The fraction of sp³-hybridized carbons (Fsp3) is 1.00. The number of rotatable bonds is 2. The van der Waals surface area contributed by atoms with Gasteiger partial charge in [-0.3, -0.25) is 4.90 Å². The summed E-state index contributed by atoms with van der Waals surface area (Å²) in [6.07, 6.45) is 2.94. The summed E-state index contributed by atoms with van der Waals surface area (Å²) in [7, 11) is 0. The normalized spacial score (nSPS) is 34.4. The SMILES string of the molecule is CC1CNC(C(C)(C)C)CN1CC1CC1. The van der Waals surface area contributed by atoms with E-state index in [1.807, 2.05) is 0 Å². The molecule has 2 aliphatic rings. The summed E-state index contributed by atoms with van der Waals surface area (Å²) in [5.74, 6) is 1.02. The van der Waals surface area contributed by atoms with Crippen LogP contribution in [0.2, 0.25) is 0 Å². The lowest BCUT2D eigenvalue weighted by molar-refractivity contribution is 0.0898. The summed E-state index contributed by atoms with van der Waals surface area (Å²) in [6.45, 7) is 13.1. The average Bonchev–Trinajstić information content (AvgIpc) is 2.90. The lowest BCUT2D eigenvalue weighted by atomic mass is 9.85. The van der Waals surface area contributed by atoms with Crippen molar-refractivity contribution in [2.24, 2.45) is 11.3 Å². The summed E-state index contributed by atoms with van der Waals surface area (Å²) in [5.41, 5.74) is 0.391. The molecule has 1 saturated heterocycles. The number of piperazine rings is 1. The van der Waals surface area contributed by atoms with E-state index in [0.29, 0.717) is 11.5 Å². The molecule has 2 nitrogen and oxygen atoms in total. The Kier molecular flexibility index (Phi) is 3.09. The number of nitrogens with one attached hydrogen (secondary N) is 1. The van der Waals surface area contributed by atoms with Crippen molar-refractivity contribution in [2.75, 3.05) is 19.6 Å². The number of hydrogen-bond acceptors (Lipinski definition) is 2. The highest BCUT2D eigenvalue weighted by Crippen LogP contribution is 2.32. The lowest BCUT2D eigenvalue weighted by Crippen LogP contribution is -2.59. The van der Waals surface area contributed by atoms with Crippen molar-refractivity contribution < 1.29 is 0 Å². The predicted molar refractivity (Wildman–Crippen MR) is 65.0 cm³/mol. The summed E-state index contributed by atoms with van der Waals surface area (Å²) >= 11 is 0. The Bertz CT molecular complexity index is 215. The Morgan fingerprint density at radius 2 is 1.93 bits per heavy atom. The van der Waals surface area contributed by atoms with Crippen molar-refractivity contribution in [3.63, 3.8) is 0 Å². The molecule has 0 bridgehead atoms. The first-order valence-corrected chi connectivity index (χ1v) is 6.44. The van der Waals surface area contributed by atoms with Crippen LogP contribution < -0.4 is 5.32 Å². The van der Waals surface area contributed by atoms with Crippen LogP contribution in [0.5, 0.6) is 0 Å². The van der Waals surface area contributed by atoms with Gasteiger partial charge in [-0.2, -0.15) is 0 Å². The fourth-order valence-corrected chi connectivity index (χ4v) is 2.39. The van der Waals surface area contributed by atoms with E-state index in [0.717, 1.165) is 18.5 Å². The molecule has 2 heteroatoms. The zero-order chi connectivity index (χ0) is 11.1. The minimum Gasteiger partial charge on any atom is -0.311 e. The van der Waals surface area contributed by atoms with Gasteiger partial charge in [0.2, 0.25) is 0 Å². The van der Waals surface area contributed by atoms with Gasteiger partial charge < -0.3 is 5.32 Å². The molecule has 0 aromatic heterocycles. The van der Waals surface area contributed by atoms with E-state index < -0.39 is 0 Å². The summed E-state index contributed by atoms with van der Waals surface area (Å²) in [4.78, 5) is 2.70. The van der Waals surface area contributed by atoms with Crippen molar-refractivity contribution >= 4 is 0 Å². The molecule has 1 aliphatic heterocycles. The predicted octanol–water partition coefficient (Wildman–Crippen LogP) is 2.10. The molecule has 0 spiro atoms. The molecular weight excluding hydrogens is 184 g/mol. The monoisotopic (exact) mass is 210 g/mol. The third-order valence-corrected chi connectivity index (χ3v) is 3.94. The van der Waals surface area contributed by atoms with Crippen LogP contribution in [0.1, 0.15) is 40.5 Å². The number of nitrogens with zero attached hydrogens (tertiary/aromatic N) is 1. The molecule has 1 saturated carbocycles. The molecular formula is C13H26N2. The maximum atomic E-state index is 3.69. The standard InChI is InChI=1S/C13H26N2/c1-10-7-14-12(13(2,3)4)9-15(10)8-11-5-6-11/h10-12,14H,5-9H2,1-4H3. The van der Waals surface area contributed by atoms with E-state index in [4.69, 9.17) is 0 Å².